The van der Waals surface area contributed by atoms with E-state index in [0.29, 0.717) is 22.0 Å². The maximum absolute atomic E-state index is 11.5. The average molecular weight is 368 g/mol. The van der Waals surface area contributed by atoms with Crippen LogP contribution in [0.2, 0.25) is 10.0 Å². The molecule has 0 aliphatic rings. The lowest BCUT2D eigenvalue weighted by atomic mass is 10.2. The second kappa shape index (κ2) is 7.72. The standard InChI is InChI=1S/C12H13BrCl2N2O2/c1-2-3-9(13)12(18)19-17-11(16)8-5-4-7(14)6-10(8)15/h4-6,9H,2-3H2,1H3,(H2,16,17). The highest BCUT2D eigenvalue weighted by atomic mass is 79.9. The number of carbonyl (C=O) groups excluding carboxylic acids is 1. The summed E-state index contributed by atoms with van der Waals surface area (Å²) in [6.45, 7) is 1.96. The van der Waals surface area contributed by atoms with Gasteiger partial charge in [-0.3, -0.25) is 0 Å². The third kappa shape index (κ3) is 5.01. The normalized spacial score (nSPS) is 13.2. The highest BCUT2D eigenvalue weighted by Gasteiger charge is 2.16. The van der Waals surface area contributed by atoms with E-state index in [0.717, 1.165) is 6.42 Å². The number of oxime groups is 1. The molecular weight excluding hydrogens is 355 g/mol. The van der Waals surface area contributed by atoms with Crippen molar-refractivity contribution < 1.29 is 9.63 Å². The fourth-order valence-corrected chi connectivity index (χ4v) is 2.32. The predicted molar refractivity (Wildman–Crippen MR) is 80.9 cm³/mol. The van der Waals surface area contributed by atoms with Crippen LogP contribution in [0, 0.1) is 0 Å². The Kier molecular flexibility index (Phi) is 6.62. The average Bonchev–Trinajstić information content (AvgIpc) is 2.35. The molecule has 0 radical (unpaired) electrons. The van der Waals surface area contributed by atoms with Gasteiger partial charge < -0.3 is 10.6 Å². The molecule has 1 aromatic rings. The smallest absolute Gasteiger partial charge is 0.348 e. The van der Waals surface area contributed by atoms with Crippen molar-refractivity contribution in [3.63, 3.8) is 0 Å². The van der Waals surface area contributed by atoms with E-state index < -0.39 is 10.8 Å². The second-order valence-corrected chi connectivity index (χ2v) is 5.72. The van der Waals surface area contributed by atoms with Crippen LogP contribution in [0.1, 0.15) is 25.3 Å². The van der Waals surface area contributed by atoms with Crippen LogP contribution in [-0.4, -0.2) is 16.6 Å². The third-order valence-electron chi connectivity index (χ3n) is 2.24. The van der Waals surface area contributed by atoms with E-state index in [9.17, 15) is 4.79 Å². The summed E-state index contributed by atoms with van der Waals surface area (Å²) in [5, 5.41) is 4.40. The highest BCUT2D eigenvalue weighted by Crippen LogP contribution is 2.20. The zero-order chi connectivity index (χ0) is 14.4. The predicted octanol–water partition coefficient (Wildman–Crippen LogP) is 3.72. The summed E-state index contributed by atoms with van der Waals surface area (Å²) in [7, 11) is 0. The van der Waals surface area contributed by atoms with Crippen LogP contribution in [-0.2, 0) is 9.63 Å². The van der Waals surface area contributed by atoms with Gasteiger partial charge in [0.05, 0.1) is 5.02 Å². The van der Waals surface area contributed by atoms with Gasteiger partial charge >= 0.3 is 5.97 Å². The molecule has 0 aliphatic heterocycles. The van der Waals surface area contributed by atoms with E-state index in [4.69, 9.17) is 33.8 Å². The quantitative estimate of drug-likeness (QED) is 0.283. The molecule has 4 nitrogen and oxygen atoms in total. The number of hydrogen-bond acceptors (Lipinski definition) is 3. The van der Waals surface area contributed by atoms with Crippen molar-refractivity contribution in [2.24, 2.45) is 10.9 Å². The van der Waals surface area contributed by atoms with E-state index in [1.807, 2.05) is 6.92 Å². The van der Waals surface area contributed by atoms with Gasteiger partial charge in [0, 0.05) is 10.6 Å². The molecule has 1 unspecified atom stereocenters. The molecule has 0 fully saturated rings. The number of amidine groups is 1. The third-order valence-corrected chi connectivity index (χ3v) is 3.62. The fraction of sp³-hybridized carbons (Fsp3) is 0.333. The van der Waals surface area contributed by atoms with Crippen LogP contribution in [0.3, 0.4) is 0 Å². The van der Waals surface area contributed by atoms with Crippen molar-refractivity contribution in [1.29, 1.82) is 0 Å². The van der Waals surface area contributed by atoms with Crippen LogP contribution in [0.25, 0.3) is 0 Å². The van der Waals surface area contributed by atoms with Crippen LogP contribution in [0.4, 0.5) is 0 Å². The fourth-order valence-electron chi connectivity index (χ4n) is 1.27. The maximum Gasteiger partial charge on any atom is 0.348 e. The Morgan fingerprint density at radius 2 is 2.21 bits per heavy atom. The Bertz CT molecular complexity index is 495. The van der Waals surface area contributed by atoms with E-state index in [1.54, 1.807) is 12.1 Å². The Labute approximate surface area is 130 Å². The molecule has 0 heterocycles. The summed E-state index contributed by atoms with van der Waals surface area (Å²) in [4.78, 5) is 15.9. The molecule has 0 spiro atoms. The van der Waals surface area contributed by atoms with E-state index >= 15 is 0 Å². The number of benzene rings is 1. The van der Waals surface area contributed by atoms with Crippen molar-refractivity contribution in [3.8, 4) is 0 Å². The highest BCUT2D eigenvalue weighted by molar-refractivity contribution is 9.10. The van der Waals surface area contributed by atoms with Gasteiger partial charge in [-0.25, -0.2) is 4.79 Å². The molecule has 19 heavy (non-hydrogen) atoms. The molecule has 104 valence electrons. The summed E-state index contributed by atoms with van der Waals surface area (Å²) in [6, 6.07) is 4.76. The molecule has 0 saturated carbocycles. The lowest BCUT2D eigenvalue weighted by Gasteiger charge is -2.06. The van der Waals surface area contributed by atoms with Gasteiger partial charge in [-0.2, -0.15) is 0 Å². The molecule has 1 aromatic carbocycles. The number of halogens is 3. The van der Waals surface area contributed by atoms with Crippen molar-refractivity contribution in [3.05, 3.63) is 33.8 Å². The van der Waals surface area contributed by atoms with Crippen molar-refractivity contribution in [1.82, 2.24) is 0 Å². The van der Waals surface area contributed by atoms with Crippen molar-refractivity contribution in [2.45, 2.75) is 24.6 Å². The molecule has 1 rings (SSSR count). The zero-order valence-electron chi connectivity index (χ0n) is 10.2. The first-order valence-electron chi connectivity index (χ1n) is 5.59. The summed E-state index contributed by atoms with van der Waals surface area (Å²) >= 11 is 14.9. The Balaban J connectivity index is 2.74. The lowest BCUT2D eigenvalue weighted by molar-refractivity contribution is -0.142. The number of nitrogens with two attached hydrogens (primary N) is 1. The van der Waals surface area contributed by atoms with Gasteiger partial charge in [-0.1, -0.05) is 57.6 Å². The molecule has 2 N–H and O–H groups in total. The summed E-state index contributed by atoms with van der Waals surface area (Å²) in [5.41, 5.74) is 6.16. The van der Waals surface area contributed by atoms with Gasteiger partial charge in [-0.05, 0) is 24.6 Å². The molecule has 0 aromatic heterocycles. The van der Waals surface area contributed by atoms with Crippen molar-refractivity contribution >= 4 is 50.9 Å². The minimum Gasteiger partial charge on any atom is -0.380 e. The topological polar surface area (TPSA) is 64.7 Å². The van der Waals surface area contributed by atoms with Gasteiger partial charge in [0.15, 0.2) is 5.84 Å². The Hall–Kier alpha value is -0.780. The lowest BCUT2D eigenvalue weighted by Crippen LogP contribution is -2.19. The maximum atomic E-state index is 11.5. The molecule has 7 heteroatoms. The number of carbonyl (C=O) groups is 1. The molecule has 0 saturated heterocycles. The number of nitrogens with zero attached hydrogens (tertiary/aromatic N) is 1. The molecule has 0 bridgehead atoms. The largest absolute Gasteiger partial charge is 0.380 e. The van der Waals surface area contributed by atoms with Crippen LogP contribution in [0.5, 0.6) is 0 Å². The first-order chi connectivity index (χ1) is 8.95. The van der Waals surface area contributed by atoms with E-state index in [1.165, 1.54) is 6.07 Å². The van der Waals surface area contributed by atoms with Gasteiger partial charge in [0.1, 0.15) is 4.83 Å². The van der Waals surface area contributed by atoms with Crippen molar-refractivity contribution in [2.75, 3.05) is 0 Å². The SMILES string of the molecule is CCCC(Br)C(=O)O/N=C(\N)c1ccc(Cl)cc1Cl. The summed E-state index contributed by atoms with van der Waals surface area (Å²) in [6.07, 6.45) is 1.52. The first-order valence-corrected chi connectivity index (χ1v) is 7.26. The zero-order valence-corrected chi connectivity index (χ0v) is 13.3. The van der Waals surface area contributed by atoms with Gasteiger partial charge in [0.2, 0.25) is 0 Å². The Morgan fingerprint density at radius 3 is 2.79 bits per heavy atom. The number of hydrogen-bond donors (Lipinski definition) is 1. The van der Waals surface area contributed by atoms with E-state index in [-0.39, 0.29) is 5.84 Å². The van der Waals surface area contributed by atoms with Gasteiger partial charge in [-0.15, -0.1) is 0 Å². The second-order valence-electron chi connectivity index (χ2n) is 3.77. The number of rotatable bonds is 5. The monoisotopic (exact) mass is 366 g/mol. The molecule has 1 atom stereocenters. The summed E-state index contributed by atoms with van der Waals surface area (Å²) in [5.74, 6) is -0.471. The van der Waals surface area contributed by atoms with Gasteiger partial charge in [0.25, 0.3) is 0 Å². The van der Waals surface area contributed by atoms with E-state index in [2.05, 4.69) is 21.1 Å². The van der Waals surface area contributed by atoms with Crippen LogP contribution < -0.4 is 5.73 Å². The molecular formula is C12H13BrCl2N2O2. The minimum atomic E-state index is -0.491. The van der Waals surface area contributed by atoms with Crippen LogP contribution in [0.15, 0.2) is 23.4 Å². The van der Waals surface area contributed by atoms with Crippen LogP contribution >= 0.6 is 39.1 Å². The molecule has 0 aliphatic carbocycles. The Morgan fingerprint density at radius 1 is 1.53 bits per heavy atom. The first kappa shape index (κ1) is 16.3. The summed E-state index contributed by atoms with van der Waals surface area (Å²) < 4.78 is 0. The number of alkyl halides is 1. The minimum absolute atomic E-state index is 0.0196. The molecule has 0 amide bonds.